The predicted molar refractivity (Wildman–Crippen MR) is 73.5 cm³/mol. The normalized spacial score (nSPS) is 11.7. The highest BCUT2D eigenvalue weighted by molar-refractivity contribution is 5.72. The van der Waals surface area contributed by atoms with E-state index in [1.807, 2.05) is 6.92 Å². The highest BCUT2D eigenvalue weighted by Crippen LogP contribution is 2.08. The van der Waals surface area contributed by atoms with Gasteiger partial charge in [0.1, 0.15) is 11.9 Å². The van der Waals surface area contributed by atoms with E-state index in [2.05, 4.69) is 4.99 Å². The Morgan fingerprint density at radius 1 is 1.39 bits per heavy atom. The average Bonchev–Trinajstić information content (AvgIpc) is 2.22. The molecule has 0 aliphatic carbocycles. The van der Waals surface area contributed by atoms with Gasteiger partial charge < -0.3 is 15.3 Å². The summed E-state index contributed by atoms with van der Waals surface area (Å²) in [4.78, 5) is 24.4. The molecule has 0 fully saturated rings. The van der Waals surface area contributed by atoms with Gasteiger partial charge in [-0.15, -0.1) is 0 Å². The Balaban J connectivity index is 0. The Morgan fingerprint density at radius 3 is 2.22 bits per heavy atom. The quantitative estimate of drug-likeness (QED) is 0.473. The first-order chi connectivity index (χ1) is 8.22. The summed E-state index contributed by atoms with van der Waals surface area (Å²) in [6.07, 6.45) is 4.55. The Kier molecular flexibility index (Phi) is 10.9. The van der Waals surface area contributed by atoms with Crippen LogP contribution in [0.1, 0.15) is 40.5 Å². The number of carbonyl (C=O) groups excluding carboxylic acids is 2. The van der Waals surface area contributed by atoms with Crippen LogP contribution in [0.2, 0.25) is 0 Å². The van der Waals surface area contributed by atoms with E-state index in [0.29, 0.717) is 6.29 Å². The fraction of sp³-hybridized carbons (Fsp3) is 0.615. The van der Waals surface area contributed by atoms with Crippen LogP contribution >= 0.6 is 0 Å². The first-order valence-electron chi connectivity index (χ1n) is 5.73. The van der Waals surface area contributed by atoms with Crippen molar-refractivity contribution in [2.24, 2.45) is 10.7 Å². The predicted octanol–water partition coefficient (Wildman–Crippen LogP) is 1.86. The molecule has 5 heteroatoms. The van der Waals surface area contributed by atoms with Crippen molar-refractivity contribution in [1.29, 1.82) is 0 Å². The summed E-state index contributed by atoms with van der Waals surface area (Å²) in [6, 6.07) is 0. The monoisotopic (exact) mass is 256 g/mol. The van der Waals surface area contributed by atoms with Crippen LogP contribution < -0.4 is 5.73 Å². The minimum Gasteiger partial charge on any atom is -0.460 e. The summed E-state index contributed by atoms with van der Waals surface area (Å²) in [5.41, 5.74) is 5.59. The number of aliphatic imine (C=N–C) groups is 1. The van der Waals surface area contributed by atoms with E-state index >= 15 is 0 Å². The number of aldehydes is 1. The fourth-order valence-electron chi connectivity index (χ4n) is 0.761. The second-order valence-electron chi connectivity index (χ2n) is 4.61. The molecule has 0 rings (SSSR count). The molecule has 0 atom stereocenters. The average molecular weight is 256 g/mol. The number of carbonyl (C=O) groups is 2. The van der Waals surface area contributed by atoms with Crippen LogP contribution in [-0.4, -0.2) is 31.1 Å². The van der Waals surface area contributed by atoms with Gasteiger partial charge >= 0.3 is 5.97 Å². The molecule has 0 radical (unpaired) electrons. The van der Waals surface area contributed by atoms with Crippen molar-refractivity contribution in [3.63, 3.8) is 0 Å². The van der Waals surface area contributed by atoms with Gasteiger partial charge in [0.15, 0.2) is 0 Å². The molecule has 2 N–H and O–H groups in total. The van der Waals surface area contributed by atoms with Crippen LogP contribution in [0, 0.1) is 0 Å². The van der Waals surface area contributed by atoms with E-state index in [0.717, 1.165) is 5.70 Å². The molecule has 0 saturated carbocycles. The second-order valence-corrected chi connectivity index (χ2v) is 4.61. The maximum atomic E-state index is 10.8. The molecule has 0 aliphatic heterocycles. The molecule has 0 heterocycles. The molecule has 0 aliphatic rings. The van der Waals surface area contributed by atoms with Gasteiger partial charge in [-0.2, -0.15) is 0 Å². The Morgan fingerprint density at radius 2 is 1.94 bits per heavy atom. The molecule has 0 spiro atoms. The van der Waals surface area contributed by atoms with Crippen molar-refractivity contribution < 1.29 is 14.3 Å². The Hall–Kier alpha value is -1.65. The van der Waals surface area contributed by atoms with Gasteiger partial charge in [-0.3, -0.25) is 9.79 Å². The van der Waals surface area contributed by atoms with Crippen LogP contribution in [-0.2, 0) is 14.3 Å². The number of nitrogens with zero attached hydrogens (tertiary/aromatic N) is 1. The van der Waals surface area contributed by atoms with Crippen LogP contribution in [0.4, 0.5) is 0 Å². The van der Waals surface area contributed by atoms with Crippen molar-refractivity contribution in [2.75, 3.05) is 7.05 Å². The van der Waals surface area contributed by atoms with Crippen molar-refractivity contribution in [1.82, 2.24) is 0 Å². The Labute approximate surface area is 109 Å². The highest BCUT2D eigenvalue weighted by Gasteiger charge is 2.15. The third kappa shape index (κ3) is 19.9. The van der Waals surface area contributed by atoms with Gasteiger partial charge in [-0.1, -0.05) is 0 Å². The summed E-state index contributed by atoms with van der Waals surface area (Å²) in [6.45, 7) is 7.21. The zero-order valence-electron chi connectivity index (χ0n) is 11.9. The van der Waals surface area contributed by atoms with Gasteiger partial charge in [0.05, 0.1) is 6.42 Å². The van der Waals surface area contributed by atoms with Gasteiger partial charge in [0.25, 0.3) is 0 Å². The van der Waals surface area contributed by atoms with E-state index in [1.165, 1.54) is 0 Å². The van der Waals surface area contributed by atoms with E-state index < -0.39 is 5.60 Å². The summed E-state index contributed by atoms with van der Waals surface area (Å²) >= 11 is 0. The summed E-state index contributed by atoms with van der Waals surface area (Å²) in [5.74, 6) is -0.315. The lowest BCUT2D eigenvalue weighted by Gasteiger charge is -2.18. The zero-order valence-corrected chi connectivity index (χ0v) is 11.9. The van der Waals surface area contributed by atoms with Crippen molar-refractivity contribution >= 4 is 18.5 Å². The van der Waals surface area contributed by atoms with E-state index in [9.17, 15) is 9.59 Å². The molecule has 0 unspecified atom stereocenters. The SMILES string of the molecule is CC(C)(C)OC(=O)CCC=O.CN=C/C=C(/C)N. The second kappa shape index (κ2) is 10.5. The third-order valence-electron chi connectivity index (χ3n) is 1.37. The van der Waals surface area contributed by atoms with Crippen LogP contribution in [0.3, 0.4) is 0 Å². The standard InChI is InChI=1S/C8H14O3.C5H10N2/c1-8(2,3)11-7(10)5-4-6-9;1-5(6)3-4-7-2/h6H,4-5H2,1-3H3;3-4H,6H2,1-2H3/b;5-3-,7-4?. The van der Waals surface area contributed by atoms with Gasteiger partial charge in [0, 0.05) is 25.4 Å². The number of esters is 1. The minimum absolute atomic E-state index is 0.181. The first-order valence-corrected chi connectivity index (χ1v) is 5.73. The van der Waals surface area contributed by atoms with E-state index in [1.54, 1.807) is 40.1 Å². The molecular weight excluding hydrogens is 232 g/mol. The molecule has 0 bridgehead atoms. The fourth-order valence-corrected chi connectivity index (χ4v) is 0.761. The molecule has 0 saturated heterocycles. The molecule has 5 nitrogen and oxygen atoms in total. The Bertz CT molecular complexity index is 298. The first kappa shape index (κ1) is 18.7. The number of rotatable bonds is 4. The third-order valence-corrected chi connectivity index (χ3v) is 1.37. The van der Waals surface area contributed by atoms with Crippen LogP contribution in [0.5, 0.6) is 0 Å². The van der Waals surface area contributed by atoms with Gasteiger partial charge in [-0.05, 0) is 33.8 Å². The lowest BCUT2D eigenvalue weighted by Crippen LogP contribution is -2.23. The van der Waals surface area contributed by atoms with Gasteiger partial charge in [-0.25, -0.2) is 0 Å². The number of hydrogen-bond acceptors (Lipinski definition) is 5. The molecule has 104 valence electrons. The molecule has 0 aromatic rings. The maximum Gasteiger partial charge on any atom is 0.306 e. The molecule has 18 heavy (non-hydrogen) atoms. The van der Waals surface area contributed by atoms with E-state index in [-0.39, 0.29) is 18.8 Å². The topological polar surface area (TPSA) is 81.8 Å². The van der Waals surface area contributed by atoms with Crippen molar-refractivity contribution in [2.45, 2.75) is 46.1 Å². The number of allylic oxidation sites excluding steroid dienone is 2. The van der Waals surface area contributed by atoms with Crippen molar-refractivity contribution in [3.05, 3.63) is 11.8 Å². The van der Waals surface area contributed by atoms with E-state index in [4.69, 9.17) is 10.5 Å². The lowest BCUT2D eigenvalue weighted by molar-refractivity contribution is -0.155. The summed E-state index contributed by atoms with van der Waals surface area (Å²) in [5, 5.41) is 0. The van der Waals surface area contributed by atoms with Crippen LogP contribution in [0.15, 0.2) is 16.8 Å². The molecule has 0 aromatic heterocycles. The van der Waals surface area contributed by atoms with Gasteiger partial charge in [0.2, 0.25) is 0 Å². The zero-order chi connectivity index (χ0) is 14.6. The number of hydrogen-bond donors (Lipinski definition) is 1. The maximum absolute atomic E-state index is 10.8. The number of ether oxygens (including phenoxy) is 1. The highest BCUT2D eigenvalue weighted by atomic mass is 16.6. The summed E-state index contributed by atoms with van der Waals surface area (Å²) < 4.78 is 4.94. The smallest absolute Gasteiger partial charge is 0.306 e. The molecular formula is C13H24N2O3. The molecule has 0 amide bonds. The lowest BCUT2D eigenvalue weighted by atomic mass is 10.2. The molecule has 0 aromatic carbocycles. The minimum atomic E-state index is -0.444. The van der Waals surface area contributed by atoms with Crippen LogP contribution in [0.25, 0.3) is 0 Å². The number of nitrogens with two attached hydrogens (primary N) is 1. The van der Waals surface area contributed by atoms with Crippen molar-refractivity contribution in [3.8, 4) is 0 Å². The summed E-state index contributed by atoms with van der Waals surface area (Å²) in [7, 11) is 1.71. The largest absolute Gasteiger partial charge is 0.460 e.